The lowest BCUT2D eigenvalue weighted by Crippen LogP contribution is -2.48. The fraction of sp³-hybridized carbons (Fsp3) is 0.400. The molecule has 98 valence electrons. The minimum atomic E-state index is -1.14. The molecule has 0 atom stereocenters. The third-order valence-corrected chi connectivity index (χ3v) is 1.98. The van der Waals surface area contributed by atoms with Crippen LogP contribution in [0.1, 0.15) is 13.8 Å². The molecular weight excluding hydrogens is 244 g/mol. The predicted octanol–water partition coefficient (Wildman–Crippen LogP) is 0.441. The van der Waals surface area contributed by atoms with Gasteiger partial charge < -0.3 is 9.47 Å². The fourth-order valence-electron chi connectivity index (χ4n) is 1.23. The van der Waals surface area contributed by atoms with Gasteiger partial charge in [-0.1, -0.05) is 6.58 Å². The quantitative estimate of drug-likeness (QED) is 0.525. The molecule has 4 amide bonds. The van der Waals surface area contributed by atoms with Crippen molar-refractivity contribution in [2.75, 3.05) is 13.2 Å². The summed E-state index contributed by atoms with van der Waals surface area (Å²) in [6.07, 6.45) is -2.27. The SMILES string of the molecule is C=C1C(=O)N(C(=O)OCC)N(C(=O)OCC)C1=O. The molecule has 8 nitrogen and oxygen atoms in total. The Labute approximate surface area is 103 Å². The molecule has 1 rings (SSSR count). The van der Waals surface area contributed by atoms with Gasteiger partial charge in [-0.15, -0.1) is 10.0 Å². The van der Waals surface area contributed by atoms with Crippen molar-refractivity contribution in [2.45, 2.75) is 13.8 Å². The van der Waals surface area contributed by atoms with Crippen LogP contribution in [0.15, 0.2) is 12.2 Å². The summed E-state index contributed by atoms with van der Waals surface area (Å²) in [5, 5.41) is 0.540. The molecule has 0 aromatic heterocycles. The highest BCUT2D eigenvalue weighted by Crippen LogP contribution is 2.20. The zero-order valence-electron chi connectivity index (χ0n) is 9.97. The molecule has 0 aromatic rings. The number of ether oxygens (including phenoxy) is 2. The largest absolute Gasteiger partial charge is 0.448 e. The number of rotatable bonds is 2. The summed E-state index contributed by atoms with van der Waals surface area (Å²) < 4.78 is 9.15. The lowest BCUT2D eigenvalue weighted by molar-refractivity contribution is -0.140. The van der Waals surface area contributed by atoms with Gasteiger partial charge in [0.2, 0.25) is 0 Å². The van der Waals surface area contributed by atoms with Crippen molar-refractivity contribution in [3.05, 3.63) is 12.2 Å². The summed E-state index contributed by atoms with van der Waals surface area (Å²) in [4.78, 5) is 46.2. The molecule has 0 radical (unpaired) electrons. The summed E-state index contributed by atoms with van der Waals surface area (Å²) in [7, 11) is 0. The minimum absolute atomic E-state index is 0.0139. The molecule has 1 fully saturated rings. The average Bonchev–Trinajstić information content (AvgIpc) is 2.54. The van der Waals surface area contributed by atoms with Crippen molar-refractivity contribution in [3.63, 3.8) is 0 Å². The summed E-state index contributed by atoms with van der Waals surface area (Å²) in [5.41, 5.74) is -0.504. The Morgan fingerprint density at radius 2 is 1.33 bits per heavy atom. The standard InChI is InChI=1S/C10H12N2O6/c1-4-17-9(15)11-7(13)6(3)8(14)12(11)10(16)18-5-2/h3-5H2,1-2H3. The van der Waals surface area contributed by atoms with Gasteiger partial charge >= 0.3 is 12.2 Å². The van der Waals surface area contributed by atoms with E-state index in [9.17, 15) is 19.2 Å². The van der Waals surface area contributed by atoms with E-state index >= 15 is 0 Å². The predicted molar refractivity (Wildman–Crippen MR) is 56.9 cm³/mol. The van der Waals surface area contributed by atoms with Crippen molar-refractivity contribution in [1.82, 2.24) is 10.0 Å². The first-order chi connectivity index (χ1) is 8.45. The Balaban J connectivity index is 3.06. The van der Waals surface area contributed by atoms with Crippen LogP contribution in [0.5, 0.6) is 0 Å². The Morgan fingerprint density at radius 1 is 1.00 bits per heavy atom. The van der Waals surface area contributed by atoms with E-state index in [1.807, 2.05) is 0 Å². The highest BCUT2D eigenvalue weighted by molar-refractivity contribution is 6.28. The van der Waals surface area contributed by atoms with Crippen LogP contribution in [0.2, 0.25) is 0 Å². The van der Waals surface area contributed by atoms with Crippen LogP contribution >= 0.6 is 0 Å². The minimum Gasteiger partial charge on any atom is -0.448 e. The molecule has 0 unspecified atom stereocenters. The van der Waals surface area contributed by atoms with Crippen molar-refractivity contribution < 1.29 is 28.7 Å². The van der Waals surface area contributed by atoms with E-state index < -0.39 is 29.6 Å². The number of amides is 4. The van der Waals surface area contributed by atoms with Gasteiger partial charge in [0.15, 0.2) is 0 Å². The molecule has 0 aliphatic carbocycles. The second-order valence-electron chi connectivity index (χ2n) is 3.11. The van der Waals surface area contributed by atoms with E-state index in [0.29, 0.717) is 0 Å². The van der Waals surface area contributed by atoms with E-state index in [0.717, 1.165) is 0 Å². The second kappa shape index (κ2) is 5.30. The lowest BCUT2D eigenvalue weighted by atomic mass is 10.3. The van der Waals surface area contributed by atoms with Gasteiger partial charge in [-0.05, 0) is 13.8 Å². The van der Waals surface area contributed by atoms with Crippen LogP contribution < -0.4 is 0 Å². The van der Waals surface area contributed by atoms with Gasteiger partial charge in [-0.3, -0.25) is 9.59 Å². The van der Waals surface area contributed by atoms with Crippen molar-refractivity contribution in [2.24, 2.45) is 0 Å². The maximum absolute atomic E-state index is 11.6. The van der Waals surface area contributed by atoms with Gasteiger partial charge in [0, 0.05) is 0 Å². The number of imide groups is 2. The molecule has 0 saturated carbocycles. The molecule has 1 saturated heterocycles. The molecule has 1 heterocycles. The highest BCUT2D eigenvalue weighted by Gasteiger charge is 2.49. The smallest absolute Gasteiger partial charge is 0.437 e. The molecule has 0 N–H and O–H groups in total. The Kier molecular flexibility index (Phi) is 4.03. The molecule has 0 spiro atoms. The van der Waals surface area contributed by atoms with Crippen molar-refractivity contribution in [1.29, 1.82) is 0 Å². The monoisotopic (exact) mass is 256 g/mol. The van der Waals surface area contributed by atoms with E-state index in [1.165, 1.54) is 13.8 Å². The van der Waals surface area contributed by atoms with Gasteiger partial charge in [0.25, 0.3) is 11.8 Å². The Morgan fingerprint density at radius 3 is 1.61 bits per heavy atom. The van der Waals surface area contributed by atoms with Crippen LogP contribution in [0.4, 0.5) is 9.59 Å². The zero-order valence-corrected chi connectivity index (χ0v) is 9.97. The van der Waals surface area contributed by atoms with Crippen molar-refractivity contribution >= 4 is 24.0 Å². The molecule has 8 heteroatoms. The van der Waals surface area contributed by atoms with Crippen molar-refractivity contribution in [3.8, 4) is 0 Å². The van der Waals surface area contributed by atoms with Crippen LogP contribution in [0, 0.1) is 0 Å². The molecule has 0 bridgehead atoms. The van der Waals surface area contributed by atoms with Crippen LogP contribution in [0.25, 0.3) is 0 Å². The summed E-state index contributed by atoms with van der Waals surface area (Å²) in [6, 6.07) is 0. The summed E-state index contributed by atoms with van der Waals surface area (Å²) >= 11 is 0. The summed E-state index contributed by atoms with van der Waals surface area (Å²) in [6.45, 7) is 6.21. The van der Waals surface area contributed by atoms with E-state index in [1.54, 1.807) is 0 Å². The number of hydrogen-bond donors (Lipinski definition) is 0. The summed E-state index contributed by atoms with van der Waals surface area (Å²) in [5.74, 6) is -2.02. The normalized spacial score (nSPS) is 15.1. The van der Waals surface area contributed by atoms with Crippen LogP contribution in [-0.4, -0.2) is 47.2 Å². The van der Waals surface area contributed by atoms with E-state index in [-0.39, 0.29) is 23.2 Å². The van der Waals surface area contributed by atoms with E-state index in [4.69, 9.17) is 0 Å². The molecule has 18 heavy (non-hydrogen) atoms. The molecule has 1 aliphatic rings. The number of nitrogens with zero attached hydrogens (tertiary/aromatic N) is 2. The Bertz CT molecular complexity index is 392. The topological polar surface area (TPSA) is 93.2 Å². The first-order valence-electron chi connectivity index (χ1n) is 5.16. The first-order valence-corrected chi connectivity index (χ1v) is 5.16. The number of hydrazine groups is 1. The fourth-order valence-corrected chi connectivity index (χ4v) is 1.23. The third-order valence-electron chi connectivity index (χ3n) is 1.98. The molecular formula is C10H12N2O6. The van der Waals surface area contributed by atoms with Gasteiger partial charge in [-0.2, -0.15) is 0 Å². The van der Waals surface area contributed by atoms with Gasteiger partial charge in [0.05, 0.1) is 13.2 Å². The van der Waals surface area contributed by atoms with Gasteiger partial charge in [0.1, 0.15) is 5.57 Å². The zero-order chi connectivity index (χ0) is 13.9. The maximum atomic E-state index is 11.6. The van der Waals surface area contributed by atoms with Gasteiger partial charge in [-0.25, -0.2) is 9.59 Å². The van der Waals surface area contributed by atoms with Crippen LogP contribution in [-0.2, 0) is 19.1 Å². The first kappa shape index (κ1) is 13.7. The second-order valence-corrected chi connectivity index (χ2v) is 3.11. The maximum Gasteiger partial charge on any atom is 0.437 e. The number of carbonyl (C=O) groups excluding carboxylic acids is 4. The Hall–Kier alpha value is -2.38. The number of hydrogen-bond acceptors (Lipinski definition) is 6. The molecule has 0 aromatic carbocycles. The molecule has 1 aliphatic heterocycles. The van der Waals surface area contributed by atoms with E-state index in [2.05, 4.69) is 16.1 Å². The highest BCUT2D eigenvalue weighted by atomic mass is 16.6. The lowest BCUT2D eigenvalue weighted by Gasteiger charge is -2.21. The van der Waals surface area contributed by atoms with Crippen LogP contribution in [0.3, 0.4) is 0 Å². The average molecular weight is 256 g/mol. The third kappa shape index (κ3) is 2.17. The number of carbonyl (C=O) groups is 4.